The average molecular weight is 308 g/mol. The lowest BCUT2D eigenvalue weighted by Crippen LogP contribution is -2.08. The summed E-state index contributed by atoms with van der Waals surface area (Å²) in [6, 6.07) is 7.84. The van der Waals surface area contributed by atoms with E-state index < -0.39 is 9.84 Å². The van der Waals surface area contributed by atoms with Gasteiger partial charge in [0.15, 0.2) is 9.84 Å². The summed E-state index contributed by atoms with van der Waals surface area (Å²) in [5, 5.41) is 0. The van der Waals surface area contributed by atoms with Crippen LogP contribution in [0.5, 0.6) is 11.5 Å². The van der Waals surface area contributed by atoms with Gasteiger partial charge in [0.05, 0.1) is 20.0 Å². The molecule has 112 valence electrons. The number of pyridine rings is 1. The number of nitrogens with two attached hydrogens (primary N) is 1. The van der Waals surface area contributed by atoms with Crippen LogP contribution >= 0.6 is 0 Å². The summed E-state index contributed by atoms with van der Waals surface area (Å²) in [7, 11) is -0.691. The van der Waals surface area contributed by atoms with Crippen molar-refractivity contribution in [2.75, 3.05) is 20.0 Å². The first kappa shape index (κ1) is 15.1. The van der Waals surface area contributed by atoms with E-state index >= 15 is 0 Å². The van der Waals surface area contributed by atoms with E-state index in [1.165, 1.54) is 26.5 Å². The fourth-order valence-corrected chi connectivity index (χ4v) is 3.36. The van der Waals surface area contributed by atoms with Crippen LogP contribution in [-0.2, 0) is 15.6 Å². The molecular formula is C14H16N2O4S. The highest BCUT2D eigenvalue weighted by Crippen LogP contribution is 2.30. The van der Waals surface area contributed by atoms with Crippen molar-refractivity contribution in [1.29, 1.82) is 0 Å². The van der Waals surface area contributed by atoms with Gasteiger partial charge in [-0.3, -0.25) is 0 Å². The lowest BCUT2D eigenvalue weighted by molar-refractivity contribution is 0.392. The second-order valence-corrected chi connectivity index (χ2v) is 6.33. The molecule has 0 amide bonds. The molecular weight excluding hydrogens is 292 g/mol. The van der Waals surface area contributed by atoms with Crippen molar-refractivity contribution in [3.8, 4) is 11.5 Å². The summed E-state index contributed by atoms with van der Waals surface area (Å²) in [6.07, 6.45) is 1.44. The zero-order valence-corrected chi connectivity index (χ0v) is 12.6. The first-order chi connectivity index (χ1) is 9.96. The number of hydrogen-bond acceptors (Lipinski definition) is 6. The van der Waals surface area contributed by atoms with Crippen LogP contribution in [0.2, 0.25) is 0 Å². The smallest absolute Gasteiger partial charge is 0.186 e. The Bertz CT molecular complexity index is 727. The van der Waals surface area contributed by atoms with E-state index in [1.807, 2.05) is 0 Å². The lowest BCUT2D eigenvalue weighted by Gasteiger charge is -2.11. The predicted octanol–water partition coefficient (Wildman–Crippen LogP) is 1.65. The van der Waals surface area contributed by atoms with Crippen molar-refractivity contribution in [1.82, 2.24) is 4.98 Å². The van der Waals surface area contributed by atoms with Gasteiger partial charge in [0.1, 0.15) is 22.2 Å². The van der Waals surface area contributed by atoms with Gasteiger partial charge >= 0.3 is 0 Å². The first-order valence-electron chi connectivity index (χ1n) is 6.11. The van der Waals surface area contributed by atoms with Crippen molar-refractivity contribution >= 4 is 15.7 Å². The monoisotopic (exact) mass is 308 g/mol. The number of sulfone groups is 1. The molecule has 0 fully saturated rings. The molecule has 2 rings (SSSR count). The summed E-state index contributed by atoms with van der Waals surface area (Å²) in [6.45, 7) is 0. The molecule has 0 radical (unpaired) electrons. The Hall–Kier alpha value is -2.28. The number of hydrogen-bond donors (Lipinski definition) is 1. The number of nitrogen functional groups attached to an aromatic ring is 1. The Morgan fingerprint density at radius 3 is 2.48 bits per heavy atom. The second kappa shape index (κ2) is 6.01. The Balaban J connectivity index is 2.41. The van der Waals surface area contributed by atoms with Crippen LogP contribution in [-0.4, -0.2) is 27.6 Å². The molecule has 1 heterocycles. The van der Waals surface area contributed by atoms with Crippen LogP contribution in [0.15, 0.2) is 41.4 Å². The lowest BCUT2D eigenvalue weighted by atomic mass is 10.3. The zero-order valence-electron chi connectivity index (χ0n) is 11.7. The van der Waals surface area contributed by atoms with E-state index in [9.17, 15) is 8.42 Å². The molecule has 1 aromatic carbocycles. The van der Waals surface area contributed by atoms with E-state index in [2.05, 4.69) is 4.98 Å². The molecule has 0 unspecified atom stereocenters. The number of anilines is 1. The minimum absolute atomic E-state index is 0.0844. The fraction of sp³-hybridized carbons (Fsp3) is 0.214. The van der Waals surface area contributed by atoms with Crippen LogP contribution in [0.4, 0.5) is 5.82 Å². The maximum Gasteiger partial charge on any atom is 0.186 e. The van der Waals surface area contributed by atoms with E-state index in [-0.39, 0.29) is 16.4 Å². The molecule has 2 aromatic rings. The van der Waals surface area contributed by atoms with Crippen LogP contribution in [0, 0.1) is 0 Å². The van der Waals surface area contributed by atoms with Gasteiger partial charge in [0.25, 0.3) is 0 Å². The summed E-state index contributed by atoms with van der Waals surface area (Å²) < 4.78 is 35.3. The quantitative estimate of drug-likeness (QED) is 0.903. The van der Waals surface area contributed by atoms with Gasteiger partial charge < -0.3 is 15.2 Å². The standard InChI is InChI=1S/C14H16N2O4S/c1-19-11-4-5-12(20-2)13(7-11)21(17,18)9-10-3-6-14(15)16-8-10/h3-8H,9H2,1-2H3,(H2,15,16). The largest absolute Gasteiger partial charge is 0.497 e. The second-order valence-electron chi connectivity index (χ2n) is 4.37. The molecule has 0 spiro atoms. The Morgan fingerprint density at radius 1 is 1.14 bits per heavy atom. The van der Waals surface area contributed by atoms with Gasteiger partial charge in [0, 0.05) is 12.3 Å². The van der Waals surface area contributed by atoms with Crippen molar-refractivity contribution in [2.45, 2.75) is 10.6 Å². The van der Waals surface area contributed by atoms with Gasteiger partial charge in [-0.25, -0.2) is 13.4 Å². The van der Waals surface area contributed by atoms with Gasteiger partial charge in [-0.2, -0.15) is 0 Å². The molecule has 0 aliphatic carbocycles. The Labute approximate surface area is 123 Å². The molecule has 0 atom stereocenters. The van der Waals surface area contributed by atoms with Crippen molar-refractivity contribution in [2.24, 2.45) is 0 Å². The number of ether oxygens (including phenoxy) is 2. The minimum Gasteiger partial charge on any atom is -0.497 e. The van der Waals surface area contributed by atoms with E-state index in [0.717, 1.165) is 0 Å². The van der Waals surface area contributed by atoms with Gasteiger partial charge in [-0.1, -0.05) is 6.07 Å². The summed E-state index contributed by atoms with van der Waals surface area (Å²) >= 11 is 0. The third-order valence-electron chi connectivity index (χ3n) is 2.91. The van der Waals surface area contributed by atoms with Crippen LogP contribution in [0.25, 0.3) is 0 Å². The van der Waals surface area contributed by atoms with E-state index in [1.54, 1.807) is 24.3 Å². The van der Waals surface area contributed by atoms with Crippen LogP contribution in [0.3, 0.4) is 0 Å². The molecule has 7 heteroatoms. The van der Waals surface area contributed by atoms with Crippen molar-refractivity contribution in [3.05, 3.63) is 42.1 Å². The molecule has 2 N–H and O–H groups in total. The van der Waals surface area contributed by atoms with Crippen LogP contribution in [0.1, 0.15) is 5.56 Å². The molecule has 1 aromatic heterocycles. The molecule has 21 heavy (non-hydrogen) atoms. The molecule has 0 saturated carbocycles. The highest BCUT2D eigenvalue weighted by molar-refractivity contribution is 7.90. The topological polar surface area (TPSA) is 91.5 Å². The third kappa shape index (κ3) is 3.43. The van der Waals surface area contributed by atoms with Crippen molar-refractivity contribution < 1.29 is 17.9 Å². The zero-order chi connectivity index (χ0) is 15.5. The fourth-order valence-electron chi connectivity index (χ4n) is 1.85. The number of aromatic nitrogens is 1. The first-order valence-corrected chi connectivity index (χ1v) is 7.76. The third-order valence-corrected chi connectivity index (χ3v) is 4.61. The van der Waals surface area contributed by atoms with Gasteiger partial charge in [0.2, 0.25) is 0 Å². The normalized spacial score (nSPS) is 11.1. The summed E-state index contributed by atoms with van der Waals surface area (Å²) in [4.78, 5) is 3.98. The summed E-state index contributed by atoms with van der Waals surface area (Å²) in [5.41, 5.74) is 6.04. The van der Waals surface area contributed by atoms with Gasteiger partial charge in [-0.15, -0.1) is 0 Å². The highest BCUT2D eigenvalue weighted by atomic mass is 32.2. The number of nitrogens with zero attached hydrogens (tertiary/aromatic N) is 1. The maximum absolute atomic E-state index is 12.5. The minimum atomic E-state index is -3.59. The Kier molecular flexibility index (Phi) is 4.32. The maximum atomic E-state index is 12.5. The highest BCUT2D eigenvalue weighted by Gasteiger charge is 2.21. The van der Waals surface area contributed by atoms with Crippen molar-refractivity contribution in [3.63, 3.8) is 0 Å². The van der Waals surface area contributed by atoms with Gasteiger partial charge in [-0.05, 0) is 23.8 Å². The Morgan fingerprint density at radius 2 is 1.90 bits per heavy atom. The number of benzene rings is 1. The van der Waals surface area contributed by atoms with E-state index in [0.29, 0.717) is 17.1 Å². The number of rotatable bonds is 5. The number of methoxy groups -OCH3 is 2. The molecule has 0 saturated heterocycles. The SMILES string of the molecule is COc1ccc(OC)c(S(=O)(=O)Cc2ccc(N)nc2)c1. The van der Waals surface area contributed by atoms with Crippen LogP contribution < -0.4 is 15.2 Å². The van der Waals surface area contributed by atoms with E-state index in [4.69, 9.17) is 15.2 Å². The molecule has 0 aliphatic rings. The molecule has 6 nitrogen and oxygen atoms in total. The predicted molar refractivity (Wildman–Crippen MR) is 79.1 cm³/mol. The molecule has 0 bridgehead atoms. The average Bonchev–Trinajstić information content (AvgIpc) is 2.48. The summed E-state index contributed by atoms with van der Waals surface area (Å²) in [5.74, 6) is 0.878. The molecule has 0 aliphatic heterocycles.